The summed E-state index contributed by atoms with van der Waals surface area (Å²) in [6.07, 6.45) is 0. The molecule has 4 aromatic rings. The maximum atomic E-state index is 13.1. The maximum absolute atomic E-state index is 13.1. The van der Waals surface area contributed by atoms with Gasteiger partial charge in [-0.25, -0.2) is 4.98 Å². The fourth-order valence-electron chi connectivity index (χ4n) is 3.02. The molecule has 4 rings (SSSR count). The molecule has 0 saturated heterocycles. The highest BCUT2D eigenvalue weighted by Gasteiger charge is 2.19. The lowest BCUT2D eigenvalue weighted by molar-refractivity contribution is -0.384. The second kappa shape index (κ2) is 8.17. The summed E-state index contributed by atoms with van der Waals surface area (Å²) >= 11 is 11.9. The van der Waals surface area contributed by atoms with Crippen LogP contribution in [0.5, 0.6) is 0 Å². The number of nitro groups is 1. The molecule has 0 aliphatic carbocycles. The van der Waals surface area contributed by atoms with Crippen molar-refractivity contribution in [2.75, 3.05) is 5.43 Å². The summed E-state index contributed by atoms with van der Waals surface area (Å²) in [7, 11) is 0. The Morgan fingerprint density at radius 1 is 1.03 bits per heavy atom. The summed E-state index contributed by atoms with van der Waals surface area (Å²) in [5, 5.41) is 11.7. The van der Waals surface area contributed by atoms with Crippen LogP contribution in [0.25, 0.3) is 22.3 Å². The zero-order chi connectivity index (χ0) is 22.1. The molecule has 0 bridgehead atoms. The Balaban J connectivity index is 1.87. The van der Waals surface area contributed by atoms with E-state index in [1.54, 1.807) is 48.5 Å². The quantitative estimate of drug-likeness (QED) is 0.356. The van der Waals surface area contributed by atoms with E-state index in [0.29, 0.717) is 16.1 Å². The van der Waals surface area contributed by atoms with Gasteiger partial charge in [0.1, 0.15) is 5.02 Å². The topological polar surface area (TPSA) is 107 Å². The molecule has 0 atom stereocenters. The Kier molecular flexibility index (Phi) is 5.41. The van der Waals surface area contributed by atoms with Crippen LogP contribution < -0.4 is 11.0 Å². The van der Waals surface area contributed by atoms with Crippen LogP contribution in [0.15, 0.2) is 71.5 Å². The van der Waals surface area contributed by atoms with Crippen LogP contribution in [-0.4, -0.2) is 20.5 Å². The molecule has 0 unspecified atom stereocenters. The minimum absolute atomic E-state index is 0.0480. The molecular weight excluding hydrogens is 443 g/mol. The predicted molar refractivity (Wildman–Crippen MR) is 118 cm³/mol. The first kappa shape index (κ1) is 20.5. The minimum Gasteiger partial charge on any atom is -0.267 e. The summed E-state index contributed by atoms with van der Waals surface area (Å²) in [4.78, 5) is 41.0. The third-order valence-corrected chi connectivity index (χ3v) is 5.03. The Bertz CT molecular complexity index is 1420. The number of hydrogen-bond acceptors (Lipinski definition) is 5. The molecule has 0 aliphatic heterocycles. The second-order valence-corrected chi connectivity index (χ2v) is 7.31. The Morgan fingerprint density at radius 3 is 2.55 bits per heavy atom. The number of fused-ring (bicyclic) bond motifs is 1. The molecule has 1 N–H and O–H groups in total. The number of benzene rings is 3. The van der Waals surface area contributed by atoms with Gasteiger partial charge in [0.05, 0.1) is 15.8 Å². The number of carbonyl (C=O) groups is 1. The number of hydrogen-bond donors (Lipinski definition) is 1. The lowest BCUT2D eigenvalue weighted by Gasteiger charge is -2.15. The van der Waals surface area contributed by atoms with Crippen molar-refractivity contribution in [3.8, 4) is 11.4 Å². The van der Waals surface area contributed by atoms with Crippen molar-refractivity contribution in [2.45, 2.75) is 0 Å². The first-order valence-electron chi connectivity index (χ1n) is 8.88. The first-order chi connectivity index (χ1) is 14.8. The number of carbonyl (C=O) groups excluding carboxylic acids is 1. The van der Waals surface area contributed by atoms with Crippen molar-refractivity contribution in [1.82, 2.24) is 9.66 Å². The number of nitrogens with one attached hydrogen (secondary N) is 1. The molecule has 3 aromatic carbocycles. The van der Waals surface area contributed by atoms with Crippen molar-refractivity contribution >= 4 is 45.7 Å². The number of nitrogens with zero attached hydrogens (tertiary/aromatic N) is 3. The van der Waals surface area contributed by atoms with Crippen molar-refractivity contribution in [1.29, 1.82) is 0 Å². The highest BCUT2D eigenvalue weighted by atomic mass is 35.5. The van der Waals surface area contributed by atoms with Gasteiger partial charge in [-0.2, -0.15) is 4.68 Å². The highest BCUT2D eigenvalue weighted by molar-refractivity contribution is 6.32. The van der Waals surface area contributed by atoms with Crippen LogP contribution in [0.2, 0.25) is 10.0 Å². The van der Waals surface area contributed by atoms with E-state index >= 15 is 0 Å². The van der Waals surface area contributed by atoms with Crippen molar-refractivity contribution in [3.05, 3.63) is 103 Å². The zero-order valence-corrected chi connectivity index (χ0v) is 17.1. The standard InChI is InChI=1S/C21H12Cl2N4O4/c22-14-5-3-4-12(10-14)19-24-17-7-2-1-6-15(17)21(29)26(19)25-20(28)13-8-9-16(23)18(11-13)27(30)31/h1-11H,(H,25,28). The maximum Gasteiger partial charge on any atom is 0.288 e. The van der Waals surface area contributed by atoms with E-state index in [-0.39, 0.29) is 21.8 Å². The SMILES string of the molecule is O=C(Nn1c(-c2cccc(Cl)c2)nc2ccccc2c1=O)c1ccc(Cl)c([N+](=O)[O-])c1. The number of amides is 1. The van der Waals surface area contributed by atoms with Crippen molar-refractivity contribution in [3.63, 3.8) is 0 Å². The number of para-hydroxylation sites is 1. The third-order valence-electron chi connectivity index (χ3n) is 4.48. The molecule has 10 heteroatoms. The van der Waals surface area contributed by atoms with E-state index in [4.69, 9.17) is 23.2 Å². The lowest BCUT2D eigenvalue weighted by atomic mass is 10.2. The van der Waals surface area contributed by atoms with Gasteiger partial charge >= 0.3 is 0 Å². The monoisotopic (exact) mass is 454 g/mol. The van der Waals surface area contributed by atoms with Gasteiger partial charge in [-0.3, -0.25) is 25.1 Å². The Morgan fingerprint density at radius 2 is 1.81 bits per heavy atom. The lowest BCUT2D eigenvalue weighted by Crippen LogP contribution is -2.35. The van der Waals surface area contributed by atoms with E-state index in [9.17, 15) is 19.7 Å². The number of aromatic nitrogens is 2. The molecule has 31 heavy (non-hydrogen) atoms. The zero-order valence-electron chi connectivity index (χ0n) is 15.6. The predicted octanol–water partition coefficient (Wildman–Crippen LogP) is 4.66. The van der Waals surface area contributed by atoms with Crippen molar-refractivity contribution < 1.29 is 9.72 Å². The fourth-order valence-corrected chi connectivity index (χ4v) is 3.39. The molecule has 1 heterocycles. The van der Waals surface area contributed by atoms with E-state index in [1.807, 2.05) is 0 Å². The van der Waals surface area contributed by atoms with Crippen LogP contribution in [0, 0.1) is 10.1 Å². The number of nitro benzene ring substituents is 1. The molecule has 8 nitrogen and oxygen atoms in total. The van der Waals surface area contributed by atoms with E-state index in [0.717, 1.165) is 10.7 Å². The largest absolute Gasteiger partial charge is 0.288 e. The van der Waals surface area contributed by atoms with Gasteiger partial charge in [-0.15, -0.1) is 0 Å². The molecule has 0 spiro atoms. The van der Waals surface area contributed by atoms with Crippen LogP contribution in [0.4, 0.5) is 5.69 Å². The Hall–Kier alpha value is -3.75. The minimum atomic E-state index is -0.748. The normalized spacial score (nSPS) is 10.8. The molecule has 0 aliphatic rings. The van der Waals surface area contributed by atoms with Gasteiger partial charge < -0.3 is 0 Å². The second-order valence-electron chi connectivity index (χ2n) is 6.47. The first-order valence-corrected chi connectivity index (χ1v) is 9.64. The number of halogens is 2. The van der Waals surface area contributed by atoms with E-state index in [2.05, 4.69) is 10.4 Å². The van der Waals surface area contributed by atoms with Gasteiger partial charge in [-0.1, -0.05) is 47.5 Å². The molecule has 154 valence electrons. The van der Waals surface area contributed by atoms with Gasteiger partial charge in [0.2, 0.25) is 0 Å². The summed E-state index contributed by atoms with van der Waals surface area (Å²) in [5.41, 5.74) is 2.44. The van der Waals surface area contributed by atoms with Crippen molar-refractivity contribution in [2.24, 2.45) is 0 Å². The molecule has 0 radical (unpaired) electrons. The van der Waals surface area contributed by atoms with Gasteiger partial charge in [-0.05, 0) is 36.4 Å². The summed E-state index contributed by atoms with van der Waals surface area (Å²) in [6.45, 7) is 0. The van der Waals surface area contributed by atoms with Crippen LogP contribution in [0.3, 0.4) is 0 Å². The third kappa shape index (κ3) is 3.98. The van der Waals surface area contributed by atoms with Gasteiger partial charge in [0.25, 0.3) is 17.2 Å². The van der Waals surface area contributed by atoms with Crippen LogP contribution in [0.1, 0.15) is 10.4 Å². The smallest absolute Gasteiger partial charge is 0.267 e. The van der Waals surface area contributed by atoms with Gasteiger partial charge in [0, 0.05) is 22.2 Å². The summed E-state index contributed by atoms with van der Waals surface area (Å²) in [5.74, 6) is -0.592. The van der Waals surface area contributed by atoms with Gasteiger partial charge in [0.15, 0.2) is 5.82 Å². The summed E-state index contributed by atoms with van der Waals surface area (Å²) in [6, 6.07) is 16.9. The molecule has 1 aromatic heterocycles. The summed E-state index contributed by atoms with van der Waals surface area (Å²) < 4.78 is 0.997. The van der Waals surface area contributed by atoms with E-state index in [1.165, 1.54) is 12.1 Å². The molecule has 1 amide bonds. The average molecular weight is 455 g/mol. The van der Waals surface area contributed by atoms with Crippen LogP contribution >= 0.6 is 23.2 Å². The molecule has 0 saturated carbocycles. The average Bonchev–Trinajstić information content (AvgIpc) is 2.75. The van der Waals surface area contributed by atoms with E-state index < -0.39 is 22.1 Å². The van der Waals surface area contributed by atoms with Crippen LogP contribution in [-0.2, 0) is 0 Å². The molecule has 0 fully saturated rings. The molecular formula is C21H12Cl2N4O4. The number of rotatable bonds is 4. The Labute approximate surface area is 184 Å². The highest BCUT2D eigenvalue weighted by Crippen LogP contribution is 2.26. The fraction of sp³-hybridized carbons (Fsp3) is 0.